The quantitative estimate of drug-likeness (QED) is 0.631. The Hall–Kier alpha value is -1.96. The largest absolute Gasteiger partial charge is 0.345 e. The summed E-state index contributed by atoms with van der Waals surface area (Å²) in [4.78, 5) is 21.9. The number of halogens is 1. The van der Waals surface area contributed by atoms with Gasteiger partial charge < -0.3 is 0 Å². The molecule has 0 bridgehead atoms. The number of hydrogen-bond acceptors (Lipinski definition) is 4. The summed E-state index contributed by atoms with van der Waals surface area (Å²) in [5.74, 6) is 0. The van der Waals surface area contributed by atoms with Crippen LogP contribution in [0.1, 0.15) is 5.56 Å². The van der Waals surface area contributed by atoms with Gasteiger partial charge in [-0.15, -0.1) is 0 Å². The van der Waals surface area contributed by atoms with Crippen molar-refractivity contribution in [3.05, 3.63) is 55.2 Å². The average Bonchev–Trinajstić information content (AvgIpc) is 2.63. The van der Waals surface area contributed by atoms with E-state index in [0.717, 1.165) is 0 Å². The summed E-state index contributed by atoms with van der Waals surface area (Å²) in [6.45, 7) is 0.182. The molecule has 1 aromatic carbocycles. The van der Waals surface area contributed by atoms with Gasteiger partial charge >= 0.3 is 5.69 Å². The van der Waals surface area contributed by atoms with Crippen molar-refractivity contribution in [2.75, 3.05) is 0 Å². The molecule has 8 heteroatoms. The number of aryl methyl sites for hydroxylation is 1. The second kappa shape index (κ2) is 4.73. The summed E-state index contributed by atoms with van der Waals surface area (Å²) in [7, 11) is 1.59. The summed E-state index contributed by atoms with van der Waals surface area (Å²) in [6.07, 6.45) is 1.40. The molecule has 0 aliphatic heterocycles. The molecule has 0 fully saturated rings. The number of rotatable bonds is 3. The molecule has 94 valence electrons. The standard InChI is InChI=1S/C10H9BrN4O3/c1-13-6-12-14(10(13)16)5-7-3-2-4-8(9(7)11)15(17)18/h2-4,6H,5H2,1H3. The molecule has 0 saturated carbocycles. The Labute approximate surface area is 110 Å². The van der Waals surface area contributed by atoms with Crippen LogP contribution in [0, 0.1) is 10.1 Å². The van der Waals surface area contributed by atoms with Gasteiger partial charge in [0.1, 0.15) is 10.8 Å². The van der Waals surface area contributed by atoms with Crippen molar-refractivity contribution >= 4 is 21.6 Å². The van der Waals surface area contributed by atoms with Gasteiger partial charge in [0.25, 0.3) is 5.69 Å². The summed E-state index contributed by atoms with van der Waals surface area (Å²) < 4.78 is 2.95. The maximum atomic E-state index is 11.6. The third-order valence-corrected chi connectivity index (χ3v) is 3.38. The molecular weight excluding hydrogens is 304 g/mol. The Balaban J connectivity index is 2.41. The number of nitrogens with zero attached hydrogens (tertiary/aromatic N) is 4. The zero-order valence-corrected chi connectivity index (χ0v) is 11.0. The first kappa shape index (κ1) is 12.5. The van der Waals surface area contributed by atoms with Gasteiger partial charge in [0.05, 0.1) is 11.5 Å². The van der Waals surface area contributed by atoms with E-state index in [4.69, 9.17) is 0 Å². The van der Waals surface area contributed by atoms with Crippen molar-refractivity contribution < 1.29 is 4.92 Å². The fourth-order valence-electron chi connectivity index (χ4n) is 1.52. The molecule has 2 aromatic rings. The molecule has 0 unspecified atom stereocenters. The fourth-order valence-corrected chi connectivity index (χ4v) is 2.05. The second-order valence-corrected chi connectivity index (χ2v) is 4.48. The maximum absolute atomic E-state index is 11.6. The number of benzene rings is 1. The maximum Gasteiger partial charge on any atom is 0.345 e. The van der Waals surface area contributed by atoms with E-state index < -0.39 is 4.92 Å². The smallest absolute Gasteiger partial charge is 0.285 e. The normalized spacial score (nSPS) is 10.6. The first-order chi connectivity index (χ1) is 8.50. The third-order valence-electron chi connectivity index (χ3n) is 2.46. The lowest BCUT2D eigenvalue weighted by atomic mass is 10.2. The molecule has 0 spiro atoms. The van der Waals surface area contributed by atoms with Gasteiger partial charge in [-0.1, -0.05) is 12.1 Å². The van der Waals surface area contributed by atoms with Gasteiger partial charge in [0.2, 0.25) is 0 Å². The lowest BCUT2D eigenvalue weighted by Crippen LogP contribution is -2.23. The Morgan fingerprint density at radius 3 is 2.78 bits per heavy atom. The number of nitro benzene ring substituents is 1. The Morgan fingerprint density at radius 2 is 2.22 bits per heavy atom. The van der Waals surface area contributed by atoms with Crippen LogP contribution in [0.4, 0.5) is 5.69 Å². The molecule has 0 aliphatic rings. The van der Waals surface area contributed by atoms with Crippen molar-refractivity contribution in [2.45, 2.75) is 6.54 Å². The molecule has 2 rings (SSSR count). The van der Waals surface area contributed by atoms with Crippen molar-refractivity contribution in [1.29, 1.82) is 0 Å². The van der Waals surface area contributed by atoms with Crippen LogP contribution in [-0.2, 0) is 13.6 Å². The zero-order valence-electron chi connectivity index (χ0n) is 9.41. The molecule has 0 aliphatic carbocycles. The van der Waals surface area contributed by atoms with Crippen molar-refractivity contribution in [3.8, 4) is 0 Å². The minimum Gasteiger partial charge on any atom is -0.285 e. The van der Waals surface area contributed by atoms with Crippen LogP contribution in [0.3, 0.4) is 0 Å². The van der Waals surface area contributed by atoms with Crippen LogP contribution in [0.2, 0.25) is 0 Å². The minimum absolute atomic E-state index is 0.0310. The highest BCUT2D eigenvalue weighted by atomic mass is 79.9. The van der Waals surface area contributed by atoms with Crippen LogP contribution in [0.5, 0.6) is 0 Å². The van der Waals surface area contributed by atoms with E-state index in [2.05, 4.69) is 21.0 Å². The minimum atomic E-state index is -0.477. The van der Waals surface area contributed by atoms with Gasteiger partial charge in [-0.05, 0) is 21.5 Å². The number of nitro groups is 1. The lowest BCUT2D eigenvalue weighted by Gasteiger charge is -2.04. The van der Waals surface area contributed by atoms with Gasteiger partial charge in [-0.2, -0.15) is 5.10 Å². The monoisotopic (exact) mass is 312 g/mol. The molecule has 0 N–H and O–H groups in total. The third kappa shape index (κ3) is 2.19. The fraction of sp³-hybridized carbons (Fsp3) is 0.200. The van der Waals surface area contributed by atoms with E-state index in [1.165, 1.54) is 21.6 Å². The van der Waals surface area contributed by atoms with Crippen LogP contribution in [0.15, 0.2) is 33.8 Å². The molecule has 0 saturated heterocycles. The molecule has 1 aromatic heterocycles. The van der Waals surface area contributed by atoms with Gasteiger partial charge in [-0.25, -0.2) is 9.48 Å². The lowest BCUT2D eigenvalue weighted by molar-refractivity contribution is -0.385. The molecule has 0 radical (unpaired) electrons. The molecule has 18 heavy (non-hydrogen) atoms. The van der Waals surface area contributed by atoms with Gasteiger partial charge in [0.15, 0.2) is 0 Å². The van der Waals surface area contributed by atoms with Crippen molar-refractivity contribution in [3.63, 3.8) is 0 Å². The molecule has 7 nitrogen and oxygen atoms in total. The van der Waals surface area contributed by atoms with Crippen molar-refractivity contribution in [1.82, 2.24) is 14.3 Å². The van der Waals surface area contributed by atoms with Crippen molar-refractivity contribution in [2.24, 2.45) is 7.05 Å². The highest BCUT2D eigenvalue weighted by Crippen LogP contribution is 2.28. The number of aromatic nitrogens is 3. The van der Waals surface area contributed by atoms with Crippen LogP contribution >= 0.6 is 15.9 Å². The Morgan fingerprint density at radius 1 is 1.50 bits per heavy atom. The highest BCUT2D eigenvalue weighted by Gasteiger charge is 2.15. The SMILES string of the molecule is Cn1cnn(Cc2cccc([N+](=O)[O-])c2Br)c1=O. The predicted octanol–water partition coefficient (Wildman–Crippen LogP) is 1.30. The molecule has 0 atom stereocenters. The van der Waals surface area contributed by atoms with E-state index >= 15 is 0 Å². The van der Waals surface area contributed by atoms with E-state index in [0.29, 0.717) is 10.0 Å². The van der Waals surface area contributed by atoms with Crippen LogP contribution in [0.25, 0.3) is 0 Å². The topological polar surface area (TPSA) is 83.0 Å². The van der Waals surface area contributed by atoms with E-state index in [9.17, 15) is 14.9 Å². The Kier molecular flexibility index (Phi) is 3.28. The summed E-state index contributed by atoms with van der Waals surface area (Å²) >= 11 is 3.18. The van der Waals surface area contributed by atoms with Gasteiger partial charge in [0, 0.05) is 13.1 Å². The first-order valence-electron chi connectivity index (χ1n) is 5.01. The van der Waals surface area contributed by atoms with Crippen LogP contribution in [-0.4, -0.2) is 19.3 Å². The van der Waals surface area contributed by atoms with E-state index in [-0.39, 0.29) is 17.9 Å². The predicted molar refractivity (Wildman–Crippen MR) is 67.4 cm³/mol. The average molecular weight is 313 g/mol. The summed E-state index contributed by atoms with van der Waals surface area (Å²) in [6, 6.07) is 4.68. The first-order valence-corrected chi connectivity index (χ1v) is 5.80. The van der Waals surface area contributed by atoms with E-state index in [1.54, 1.807) is 19.2 Å². The van der Waals surface area contributed by atoms with Crippen LogP contribution < -0.4 is 5.69 Å². The molecule has 1 heterocycles. The summed E-state index contributed by atoms with van der Waals surface area (Å²) in [5.41, 5.74) is 0.329. The highest BCUT2D eigenvalue weighted by molar-refractivity contribution is 9.10. The molecule has 0 amide bonds. The van der Waals surface area contributed by atoms with Gasteiger partial charge in [-0.3, -0.25) is 14.7 Å². The summed E-state index contributed by atoms with van der Waals surface area (Å²) in [5, 5.41) is 14.7. The van der Waals surface area contributed by atoms with E-state index in [1.807, 2.05) is 0 Å². The Bertz CT molecular complexity index is 661. The molecular formula is C10H9BrN4O3. The number of hydrogen-bond donors (Lipinski definition) is 0. The zero-order chi connectivity index (χ0) is 13.3. The second-order valence-electron chi connectivity index (χ2n) is 3.69.